The Labute approximate surface area is 103 Å². The maximum Gasteiger partial charge on any atom is 0.132 e. The van der Waals surface area contributed by atoms with Crippen molar-refractivity contribution in [1.29, 1.82) is 0 Å². The van der Waals surface area contributed by atoms with Gasteiger partial charge in [-0.1, -0.05) is 13.3 Å². The Morgan fingerprint density at radius 3 is 2.76 bits per heavy atom. The lowest BCUT2D eigenvalue weighted by Gasteiger charge is -2.08. The zero-order valence-corrected chi connectivity index (χ0v) is 11.0. The summed E-state index contributed by atoms with van der Waals surface area (Å²) in [7, 11) is 0. The topological polar surface area (TPSA) is 49.8 Å². The van der Waals surface area contributed by atoms with Crippen molar-refractivity contribution in [2.45, 2.75) is 46.1 Å². The number of hydrogen-bond donors (Lipinski definition) is 2. The molecule has 0 aliphatic heterocycles. The van der Waals surface area contributed by atoms with E-state index in [2.05, 4.69) is 34.4 Å². The molecule has 2 rings (SSSR count). The van der Waals surface area contributed by atoms with Crippen LogP contribution in [0.3, 0.4) is 0 Å². The van der Waals surface area contributed by atoms with Crippen molar-refractivity contribution in [1.82, 2.24) is 9.97 Å². The molecule has 4 heteroatoms. The molecule has 1 aromatic rings. The highest BCUT2D eigenvalue weighted by atomic mass is 15.1. The van der Waals surface area contributed by atoms with Gasteiger partial charge in [0.25, 0.3) is 0 Å². The minimum absolute atomic E-state index is 0.624. The molecule has 1 heterocycles. The molecule has 0 spiro atoms. The predicted molar refractivity (Wildman–Crippen MR) is 71.4 cm³/mol. The normalized spacial score (nSPS) is 22.3. The van der Waals surface area contributed by atoms with Crippen molar-refractivity contribution in [3.63, 3.8) is 0 Å². The molecule has 0 amide bonds. The first-order valence-corrected chi connectivity index (χ1v) is 6.59. The molecular weight excluding hydrogens is 212 g/mol. The lowest BCUT2D eigenvalue weighted by atomic mass is 10.2. The first kappa shape index (κ1) is 12.1. The average molecular weight is 234 g/mol. The third-order valence-corrected chi connectivity index (χ3v) is 3.11. The Morgan fingerprint density at radius 2 is 2.06 bits per heavy atom. The summed E-state index contributed by atoms with van der Waals surface area (Å²) in [6.07, 6.45) is 3.88. The molecule has 94 valence electrons. The molecule has 1 saturated carbocycles. The summed E-state index contributed by atoms with van der Waals surface area (Å²) in [5, 5.41) is 6.73. The minimum atomic E-state index is 0.624. The van der Waals surface area contributed by atoms with Crippen LogP contribution in [0.2, 0.25) is 0 Å². The van der Waals surface area contributed by atoms with Crippen LogP contribution in [-0.4, -0.2) is 22.6 Å². The molecule has 2 atom stereocenters. The molecule has 0 aromatic carbocycles. The highest BCUT2D eigenvalue weighted by Crippen LogP contribution is 2.37. The van der Waals surface area contributed by atoms with E-state index in [1.165, 1.54) is 19.3 Å². The number of aryl methyl sites for hydroxylation is 1. The smallest absolute Gasteiger partial charge is 0.132 e. The van der Waals surface area contributed by atoms with Gasteiger partial charge in [-0.15, -0.1) is 0 Å². The van der Waals surface area contributed by atoms with E-state index in [0.29, 0.717) is 6.04 Å². The summed E-state index contributed by atoms with van der Waals surface area (Å²) < 4.78 is 0. The standard InChI is InChI=1S/C13H22N4/c1-4-6-10-7-11(10)17-13-8-12(14-5-2)15-9(3)16-13/h8,10-11H,4-7H2,1-3H3,(H2,14,15,16,17). The second-order valence-corrected chi connectivity index (χ2v) is 4.75. The van der Waals surface area contributed by atoms with Crippen LogP contribution in [0.1, 0.15) is 38.9 Å². The van der Waals surface area contributed by atoms with Crippen molar-refractivity contribution in [3.05, 3.63) is 11.9 Å². The zero-order valence-electron chi connectivity index (χ0n) is 11.0. The Kier molecular flexibility index (Phi) is 3.82. The molecule has 17 heavy (non-hydrogen) atoms. The van der Waals surface area contributed by atoms with Gasteiger partial charge in [-0.25, -0.2) is 9.97 Å². The lowest BCUT2D eigenvalue weighted by Crippen LogP contribution is -2.09. The van der Waals surface area contributed by atoms with Gasteiger partial charge in [-0.05, 0) is 32.6 Å². The number of anilines is 2. The quantitative estimate of drug-likeness (QED) is 0.794. The molecule has 0 radical (unpaired) electrons. The fourth-order valence-electron chi connectivity index (χ4n) is 2.22. The van der Waals surface area contributed by atoms with E-state index in [-0.39, 0.29) is 0 Å². The van der Waals surface area contributed by atoms with Crippen LogP contribution in [-0.2, 0) is 0 Å². The molecule has 1 aliphatic rings. The van der Waals surface area contributed by atoms with Gasteiger partial charge in [-0.3, -0.25) is 0 Å². The predicted octanol–water partition coefficient (Wildman–Crippen LogP) is 2.82. The van der Waals surface area contributed by atoms with Crippen molar-refractivity contribution >= 4 is 11.6 Å². The minimum Gasteiger partial charge on any atom is -0.370 e. The van der Waals surface area contributed by atoms with Crippen molar-refractivity contribution < 1.29 is 0 Å². The van der Waals surface area contributed by atoms with Gasteiger partial charge in [0, 0.05) is 18.7 Å². The van der Waals surface area contributed by atoms with Crippen molar-refractivity contribution in [2.24, 2.45) is 5.92 Å². The number of aromatic nitrogens is 2. The van der Waals surface area contributed by atoms with E-state index in [9.17, 15) is 0 Å². The van der Waals surface area contributed by atoms with Crippen LogP contribution < -0.4 is 10.6 Å². The van der Waals surface area contributed by atoms with Gasteiger partial charge >= 0.3 is 0 Å². The monoisotopic (exact) mass is 234 g/mol. The number of hydrogen-bond acceptors (Lipinski definition) is 4. The number of nitrogens with one attached hydrogen (secondary N) is 2. The van der Waals surface area contributed by atoms with Crippen LogP contribution in [0.25, 0.3) is 0 Å². The van der Waals surface area contributed by atoms with Gasteiger partial charge in [0.1, 0.15) is 17.5 Å². The maximum atomic E-state index is 4.43. The lowest BCUT2D eigenvalue weighted by molar-refractivity contribution is 0.692. The number of nitrogens with zero attached hydrogens (tertiary/aromatic N) is 2. The summed E-state index contributed by atoms with van der Waals surface area (Å²) in [4.78, 5) is 8.77. The molecule has 2 N–H and O–H groups in total. The molecule has 1 aliphatic carbocycles. The van der Waals surface area contributed by atoms with Crippen LogP contribution in [0, 0.1) is 12.8 Å². The fourth-order valence-corrected chi connectivity index (χ4v) is 2.22. The summed E-state index contributed by atoms with van der Waals surface area (Å²) in [6.45, 7) is 7.14. The Bertz CT molecular complexity index is 378. The SMILES string of the molecule is CCCC1CC1Nc1cc(NCC)nc(C)n1. The van der Waals surface area contributed by atoms with E-state index in [0.717, 1.165) is 29.9 Å². The molecule has 0 bridgehead atoms. The van der Waals surface area contributed by atoms with Crippen LogP contribution >= 0.6 is 0 Å². The molecule has 1 aromatic heterocycles. The molecule has 1 fully saturated rings. The molecular formula is C13H22N4. The Balaban J connectivity index is 1.96. The van der Waals surface area contributed by atoms with Crippen LogP contribution in [0.5, 0.6) is 0 Å². The highest BCUT2D eigenvalue weighted by molar-refractivity contribution is 5.48. The summed E-state index contributed by atoms with van der Waals surface area (Å²) in [5.74, 6) is 3.53. The first-order valence-electron chi connectivity index (χ1n) is 6.59. The van der Waals surface area contributed by atoms with Gasteiger partial charge in [0.05, 0.1) is 0 Å². The fraction of sp³-hybridized carbons (Fsp3) is 0.692. The Hall–Kier alpha value is -1.32. The summed E-state index contributed by atoms with van der Waals surface area (Å²) >= 11 is 0. The summed E-state index contributed by atoms with van der Waals surface area (Å²) in [5.41, 5.74) is 0. The average Bonchev–Trinajstić information content (AvgIpc) is 2.96. The van der Waals surface area contributed by atoms with Crippen molar-refractivity contribution in [2.75, 3.05) is 17.2 Å². The molecule has 4 nitrogen and oxygen atoms in total. The van der Waals surface area contributed by atoms with Gasteiger partial charge in [0.15, 0.2) is 0 Å². The second-order valence-electron chi connectivity index (χ2n) is 4.75. The number of rotatable bonds is 6. The van der Waals surface area contributed by atoms with E-state index in [4.69, 9.17) is 0 Å². The third kappa shape index (κ3) is 3.32. The van der Waals surface area contributed by atoms with E-state index >= 15 is 0 Å². The molecule has 0 saturated heterocycles. The summed E-state index contributed by atoms with van der Waals surface area (Å²) in [6, 6.07) is 2.62. The largest absolute Gasteiger partial charge is 0.370 e. The Morgan fingerprint density at radius 1 is 1.29 bits per heavy atom. The van der Waals surface area contributed by atoms with E-state index in [1.807, 2.05) is 13.0 Å². The highest BCUT2D eigenvalue weighted by Gasteiger charge is 2.36. The van der Waals surface area contributed by atoms with Gasteiger partial charge < -0.3 is 10.6 Å². The second kappa shape index (κ2) is 5.34. The van der Waals surface area contributed by atoms with Crippen LogP contribution in [0.15, 0.2) is 6.07 Å². The van der Waals surface area contributed by atoms with Gasteiger partial charge in [-0.2, -0.15) is 0 Å². The van der Waals surface area contributed by atoms with E-state index < -0.39 is 0 Å². The van der Waals surface area contributed by atoms with Crippen LogP contribution in [0.4, 0.5) is 11.6 Å². The van der Waals surface area contributed by atoms with E-state index in [1.54, 1.807) is 0 Å². The van der Waals surface area contributed by atoms with Crippen molar-refractivity contribution in [3.8, 4) is 0 Å². The molecule has 2 unspecified atom stereocenters. The maximum absolute atomic E-state index is 4.43. The third-order valence-electron chi connectivity index (χ3n) is 3.11. The van der Waals surface area contributed by atoms with Gasteiger partial charge in [0.2, 0.25) is 0 Å². The zero-order chi connectivity index (χ0) is 12.3. The first-order chi connectivity index (χ1) is 8.22.